The number of aryl methyl sites for hydroxylation is 2. The number of hydrogen-bond acceptors (Lipinski definition) is 3. The quantitative estimate of drug-likeness (QED) is 0.649. The smallest absolute Gasteiger partial charge is 0.255 e. The molecule has 2 N–H and O–H groups in total. The van der Waals surface area contributed by atoms with Crippen LogP contribution < -0.4 is 15.4 Å². The summed E-state index contributed by atoms with van der Waals surface area (Å²) in [4.78, 5) is 25.2. The van der Waals surface area contributed by atoms with E-state index in [1.54, 1.807) is 12.1 Å². The summed E-state index contributed by atoms with van der Waals surface area (Å²) in [6.07, 6.45) is 0.573. The normalized spacial score (nSPS) is 14.8. The summed E-state index contributed by atoms with van der Waals surface area (Å²) in [6.45, 7) is 4.87. The Morgan fingerprint density at radius 3 is 2.55 bits per heavy atom. The first-order valence-electron chi connectivity index (χ1n) is 10.5. The molecule has 158 valence electrons. The molecule has 0 aromatic heterocycles. The maximum Gasteiger partial charge on any atom is 0.255 e. The van der Waals surface area contributed by atoms with E-state index in [0.717, 1.165) is 28.0 Å². The topological polar surface area (TPSA) is 67.4 Å². The first-order valence-corrected chi connectivity index (χ1v) is 10.5. The second-order valence-corrected chi connectivity index (χ2v) is 8.00. The van der Waals surface area contributed by atoms with Gasteiger partial charge in [0, 0.05) is 17.8 Å². The number of carbonyl (C=O) groups is 2. The third-order valence-corrected chi connectivity index (χ3v) is 5.62. The average molecular weight is 415 g/mol. The van der Waals surface area contributed by atoms with Crippen LogP contribution in [0.2, 0.25) is 0 Å². The third-order valence-electron chi connectivity index (χ3n) is 5.62. The second kappa shape index (κ2) is 9.04. The van der Waals surface area contributed by atoms with Crippen LogP contribution in [0.5, 0.6) is 5.75 Å². The summed E-state index contributed by atoms with van der Waals surface area (Å²) in [5.41, 5.74) is 5.58. The van der Waals surface area contributed by atoms with E-state index >= 15 is 0 Å². The number of amides is 2. The van der Waals surface area contributed by atoms with Crippen molar-refractivity contribution in [3.8, 4) is 5.75 Å². The van der Waals surface area contributed by atoms with Gasteiger partial charge in [0.15, 0.2) is 0 Å². The maximum absolute atomic E-state index is 12.7. The van der Waals surface area contributed by atoms with Crippen LogP contribution >= 0.6 is 0 Å². The number of anilines is 1. The van der Waals surface area contributed by atoms with Crippen LogP contribution in [-0.4, -0.2) is 18.4 Å². The molecular formula is C26H26N2O3. The Morgan fingerprint density at radius 2 is 1.77 bits per heavy atom. The zero-order chi connectivity index (χ0) is 21.8. The summed E-state index contributed by atoms with van der Waals surface area (Å²) in [7, 11) is 0. The van der Waals surface area contributed by atoms with Crippen LogP contribution in [0.4, 0.5) is 5.69 Å². The number of carbonyl (C=O) groups excluding carboxylic acids is 2. The molecule has 5 nitrogen and oxygen atoms in total. The number of hydrogen-bond donors (Lipinski definition) is 2. The molecule has 3 aromatic carbocycles. The molecule has 0 spiro atoms. The summed E-state index contributed by atoms with van der Waals surface area (Å²) >= 11 is 0. The first kappa shape index (κ1) is 20.7. The summed E-state index contributed by atoms with van der Waals surface area (Å²) < 4.78 is 5.82. The zero-order valence-corrected chi connectivity index (χ0v) is 17.8. The molecule has 0 radical (unpaired) electrons. The molecule has 0 unspecified atom stereocenters. The maximum atomic E-state index is 12.7. The van der Waals surface area contributed by atoms with Gasteiger partial charge >= 0.3 is 0 Å². The Kier molecular flexibility index (Phi) is 6.03. The summed E-state index contributed by atoms with van der Waals surface area (Å²) in [6, 6.07) is 21.0. The van der Waals surface area contributed by atoms with Crippen LogP contribution in [0, 0.1) is 19.8 Å². The van der Waals surface area contributed by atoms with Crippen molar-refractivity contribution >= 4 is 17.5 Å². The summed E-state index contributed by atoms with van der Waals surface area (Å²) in [5.74, 6) is 0.308. The van der Waals surface area contributed by atoms with Gasteiger partial charge in [-0.1, -0.05) is 42.0 Å². The van der Waals surface area contributed by atoms with Crippen molar-refractivity contribution in [2.24, 2.45) is 5.92 Å². The molecule has 1 aliphatic rings. The molecule has 5 heteroatoms. The standard InChI is InChI=1S/C26H26N2O3/c1-17-7-9-19(10-8-17)26(30)28-23-11-12-24-21(14-23)13-22(16-31-24)25(29)27-15-20-6-4-3-5-18(20)2/h3-12,14,22H,13,15-16H2,1-2H3,(H,27,29)(H,28,30)/t22-/m0/s1. The molecular weight excluding hydrogens is 388 g/mol. The Balaban J connectivity index is 1.40. The average Bonchev–Trinajstić information content (AvgIpc) is 2.78. The van der Waals surface area contributed by atoms with E-state index in [0.29, 0.717) is 30.8 Å². The number of ether oxygens (including phenoxy) is 1. The Morgan fingerprint density at radius 1 is 1.00 bits per heavy atom. The van der Waals surface area contributed by atoms with Gasteiger partial charge in [0.05, 0.1) is 5.92 Å². The monoisotopic (exact) mass is 414 g/mol. The lowest BCUT2D eigenvalue weighted by molar-refractivity contribution is -0.126. The zero-order valence-electron chi connectivity index (χ0n) is 17.8. The molecule has 4 rings (SSSR count). The first-order chi connectivity index (χ1) is 15.0. The van der Waals surface area contributed by atoms with Crippen molar-refractivity contribution in [2.45, 2.75) is 26.8 Å². The number of fused-ring (bicyclic) bond motifs is 1. The second-order valence-electron chi connectivity index (χ2n) is 8.00. The lowest BCUT2D eigenvalue weighted by Crippen LogP contribution is -2.37. The fourth-order valence-electron chi connectivity index (χ4n) is 3.68. The van der Waals surface area contributed by atoms with Gasteiger partial charge in [0.25, 0.3) is 5.91 Å². The van der Waals surface area contributed by atoms with Crippen LogP contribution in [0.25, 0.3) is 0 Å². The molecule has 1 atom stereocenters. The van der Waals surface area contributed by atoms with Crippen LogP contribution in [0.1, 0.15) is 32.6 Å². The lowest BCUT2D eigenvalue weighted by Gasteiger charge is -2.25. The van der Waals surface area contributed by atoms with Crippen molar-refractivity contribution in [1.82, 2.24) is 5.32 Å². The highest BCUT2D eigenvalue weighted by Crippen LogP contribution is 2.30. The fourth-order valence-corrected chi connectivity index (χ4v) is 3.68. The van der Waals surface area contributed by atoms with E-state index in [1.165, 1.54) is 0 Å². The van der Waals surface area contributed by atoms with Crippen molar-refractivity contribution in [2.75, 3.05) is 11.9 Å². The highest BCUT2D eigenvalue weighted by Gasteiger charge is 2.26. The molecule has 1 aliphatic heterocycles. The predicted molar refractivity (Wildman–Crippen MR) is 121 cm³/mol. The van der Waals surface area contributed by atoms with E-state index in [1.807, 2.05) is 68.4 Å². The minimum Gasteiger partial charge on any atom is -0.492 e. The third kappa shape index (κ3) is 4.94. The van der Waals surface area contributed by atoms with Gasteiger partial charge in [0.1, 0.15) is 12.4 Å². The van der Waals surface area contributed by atoms with E-state index in [9.17, 15) is 9.59 Å². The predicted octanol–water partition coefficient (Wildman–Crippen LogP) is 4.42. The largest absolute Gasteiger partial charge is 0.492 e. The van der Waals surface area contributed by atoms with E-state index < -0.39 is 0 Å². The van der Waals surface area contributed by atoms with Gasteiger partial charge < -0.3 is 15.4 Å². The molecule has 0 saturated carbocycles. The molecule has 0 aliphatic carbocycles. The van der Waals surface area contributed by atoms with Gasteiger partial charge in [-0.25, -0.2) is 0 Å². The van der Waals surface area contributed by atoms with E-state index in [2.05, 4.69) is 10.6 Å². The van der Waals surface area contributed by atoms with Crippen LogP contribution in [0.3, 0.4) is 0 Å². The lowest BCUT2D eigenvalue weighted by atomic mass is 9.95. The highest BCUT2D eigenvalue weighted by atomic mass is 16.5. The minimum absolute atomic E-state index is 0.0250. The summed E-state index contributed by atoms with van der Waals surface area (Å²) in [5, 5.41) is 5.95. The minimum atomic E-state index is -0.264. The van der Waals surface area contributed by atoms with Crippen molar-refractivity contribution in [3.63, 3.8) is 0 Å². The van der Waals surface area contributed by atoms with E-state index in [4.69, 9.17) is 4.74 Å². The molecule has 3 aromatic rings. The molecule has 0 fully saturated rings. The Hall–Kier alpha value is -3.60. The number of benzene rings is 3. The molecule has 31 heavy (non-hydrogen) atoms. The molecule has 0 bridgehead atoms. The Labute approximate surface area is 182 Å². The van der Waals surface area contributed by atoms with Crippen LogP contribution in [-0.2, 0) is 17.8 Å². The van der Waals surface area contributed by atoms with Crippen LogP contribution in [0.15, 0.2) is 66.7 Å². The van der Waals surface area contributed by atoms with Crippen molar-refractivity contribution < 1.29 is 14.3 Å². The van der Waals surface area contributed by atoms with E-state index in [-0.39, 0.29) is 17.7 Å². The van der Waals surface area contributed by atoms with Crippen molar-refractivity contribution in [1.29, 1.82) is 0 Å². The van der Waals surface area contributed by atoms with Gasteiger partial charge in [-0.2, -0.15) is 0 Å². The number of rotatable bonds is 5. The van der Waals surface area contributed by atoms with Gasteiger partial charge in [-0.05, 0) is 67.3 Å². The molecule has 2 amide bonds. The Bertz CT molecular complexity index is 1110. The highest BCUT2D eigenvalue weighted by molar-refractivity contribution is 6.04. The molecule has 1 heterocycles. The van der Waals surface area contributed by atoms with Gasteiger partial charge in [-0.15, -0.1) is 0 Å². The molecule has 0 saturated heterocycles. The van der Waals surface area contributed by atoms with Gasteiger partial charge in [0.2, 0.25) is 5.91 Å². The van der Waals surface area contributed by atoms with Crippen molar-refractivity contribution in [3.05, 3.63) is 94.5 Å². The van der Waals surface area contributed by atoms with Gasteiger partial charge in [-0.3, -0.25) is 9.59 Å². The fraction of sp³-hybridized carbons (Fsp3) is 0.231. The number of nitrogens with one attached hydrogen (secondary N) is 2. The SMILES string of the molecule is Cc1ccc(C(=O)Nc2ccc3c(c2)C[C@H](C(=O)NCc2ccccc2C)CO3)cc1.